The maximum Gasteiger partial charge on any atom is 0.260 e. The van der Waals surface area contributed by atoms with Gasteiger partial charge in [0.15, 0.2) is 0 Å². The molecule has 2 aliphatic rings. The van der Waals surface area contributed by atoms with Crippen molar-refractivity contribution in [3.05, 3.63) is 114 Å². The van der Waals surface area contributed by atoms with E-state index >= 15 is 0 Å². The van der Waals surface area contributed by atoms with Gasteiger partial charge in [-0.2, -0.15) is 0 Å². The van der Waals surface area contributed by atoms with Gasteiger partial charge in [0, 0.05) is 9.94 Å². The smallest absolute Gasteiger partial charge is 0.260 e. The molecule has 2 heterocycles. The zero-order valence-electron chi connectivity index (χ0n) is 18.2. The minimum atomic E-state index is 0.0259. The largest absolute Gasteiger partial charge is 0.458 e. The molecule has 0 aromatic heterocycles. The molecular weight excluding hydrogens is 483 g/mol. The Kier molecular flexibility index (Phi) is 4.43. The molecule has 0 atom stereocenters. The minimum absolute atomic E-state index is 0.0259. The van der Waals surface area contributed by atoms with Gasteiger partial charge in [-0.05, 0) is 57.4 Å². The minimum Gasteiger partial charge on any atom is -0.458 e. The summed E-state index contributed by atoms with van der Waals surface area (Å²) in [4.78, 5) is 0. The van der Waals surface area contributed by atoms with E-state index in [0.29, 0.717) is 0 Å². The van der Waals surface area contributed by atoms with E-state index < -0.39 is 0 Å². The average molecular weight is 501 g/mol. The van der Waals surface area contributed by atoms with Crippen molar-refractivity contribution in [1.82, 2.24) is 0 Å². The van der Waals surface area contributed by atoms with E-state index in [1.54, 1.807) is 0 Å². The van der Waals surface area contributed by atoms with E-state index in [0.717, 1.165) is 43.9 Å². The van der Waals surface area contributed by atoms with Crippen LogP contribution in [-0.2, 0) is 0 Å². The predicted octanol–water partition coefficient (Wildman–Crippen LogP) is 6.51. The van der Waals surface area contributed by atoms with Crippen LogP contribution in [0.5, 0.6) is 23.0 Å². The summed E-state index contributed by atoms with van der Waals surface area (Å²) in [6.07, 6.45) is 0. The van der Waals surface area contributed by atoms with Crippen molar-refractivity contribution in [3.63, 3.8) is 0 Å². The highest BCUT2D eigenvalue weighted by Gasteiger charge is 2.40. The third-order valence-corrected chi connectivity index (χ3v) is 7.11. The first-order chi connectivity index (χ1) is 16.7. The van der Waals surface area contributed by atoms with Crippen molar-refractivity contribution >= 4 is 39.0 Å². The molecule has 0 bridgehead atoms. The molecule has 5 aromatic rings. The fraction of sp³-hybridized carbons (Fsp3) is 0. The molecule has 0 aliphatic carbocycles. The SMILES string of the molecule is Brc1cc2c3c(c1)Oc1ccc(-c4ccccc4)cc1B3c1cc(-c3ccccc3)ccc1O2. The van der Waals surface area contributed by atoms with Crippen LogP contribution in [0.2, 0.25) is 0 Å². The molecule has 5 aromatic carbocycles. The lowest BCUT2D eigenvalue weighted by Crippen LogP contribution is -2.57. The quantitative estimate of drug-likeness (QED) is 0.252. The molecule has 0 unspecified atom stereocenters. The van der Waals surface area contributed by atoms with E-state index in [1.807, 2.05) is 24.3 Å². The molecule has 160 valence electrons. The first kappa shape index (κ1) is 19.7. The van der Waals surface area contributed by atoms with Gasteiger partial charge in [-0.25, -0.2) is 0 Å². The van der Waals surface area contributed by atoms with Crippen molar-refractivity contribution < 1.29 is 9.47 Å². The van der Waals surface area contributed by atoms with E-state index in [-0.39, 0.29) is 6.71 Å². The van der Waals surface area contributed by atoms with Crippen molar-refractivity contribution in [2.24, 2.45) is 0 Å². The number of hydrogen-bond donors (Lipinski definition) is 0. The van der Waals surface area contributed by atoms with Crippen LogP contribution in [0, 0.1) is 0 Å². The van der Waals surface area contributed by atoms with Gasteiger partial charge in [0.25, 0.3) is 6.71 Å². The van der Waals surface area contributed by atoms with Gasteiger partial charge in [-0.1, -0.05) is 101 Å². The monoisotopic (exact) mass is 500 g/mol. The molecule has 34 heavy (non-hydrogen) atoms. The highest BCUT2D eigenvalue weighted by Crippen LogP contribution is 2.38. The summed E-state index contributed by atoms with van der Waals surface area (Å²) in [5.74, 6) is 3.45. The highest BCUT2D eigenvalue weighted by atomic mass is 79.9. The Morgan fingerprint density at radius 1 is 0.471 bits per heavy atom. The van der Waals surface area contributed by atoms with E-state index in [1.165, 1.54) is 22.3 Å². The Hall–Kier alpha value is -3.76. The standard InChI is InChI=1S/C30H18BBrO2/c32-23-17-28-30-29(18-23)34-27-14-12-22(20-9-5-2-6-10-20)16-25(27)31(30)24-15-21(11-13-26(24)33-28)19-7-3-1-4-8-19/h1-18H. The molecule has 0 N–H and O–H groups in total. The molecule has 2 nitrogen and oxygen atoms in total. The van der Waals surface area contributed by atoms with Crippen LogP contribution in [0.4, 0.5) is 0 Å². The number of fused-ring (bicyclic) bond motifs is 4. The predicted molar refractivity (Wildman–Crippen MR) is 143 cm³/mol. The number of benzene rings is 5. The van der Waals surface area contributed by atoms with Gasteiger partial charge in [0.1, 0.15) is 23.0 Å². The second-order valence-electron chi connectivity index (χ2n) is 8.69. The Bertz CT molecular complexity index is 1450. The zero-order valence-corrected chi connectivity index (χ0v) is 19.8. The Morgan fingerprint density at radius 3 is 1.41 bits per heavy atom. The lowest BCUT2D eigenvalue weighted by molar-refractivity contribution is 0.464. The summed E-state index contributed by atoms with van der Waals surface area (Å²) < 4.78 is 13.8. The third kappa shape index (κ3) is 3.10. The number of hydrogen-bond acceptors (Lipinski definition) is 2. The fourth-order valence-corrected chi connectivity index (χ4v) is 5.51. The number of ether oxygens (including phenoxy) is 2. The van der Waals surface area contributed by atoms with Gasteiger partial charge in [0.2, 0.25) is 0 Å². The normalized spacial score (nSPS) is 12.7. The molecule has 0 fully saturated rings. The summed E-state index contributed by atoms with van der Waals surface area (Å²) in [6.45, 7) is 0.0259. The van der Waals surface area contributed by atoms with Crippen LogP contribution in [0.1, 0.15) is 0 Å². The van der Waals surface area contributed by atoms with E-state index in [9.17, 15) is 0 Å². The first-order valence-electron chi connectivity index (χ1n) is 11.3. The molecule has 4 heteroatoms. The summed E-state index contributed by atoms with van der Waals surface area (Å²) >= 11 is 3.63. The maximum atomic E-state index is 6.42. The first-order valence-corrected chi connectivity index (χ1v) is 12.1. The van der Waals surface area contributed by atoms with Crippen LogP contribution in [0.15, 0.2) is 114 Å². The van der Waals surface area contributed by atoms with Gasteiger partial charge < -0.3 is 9.47 Å². The van der Waals surface area contributed by atoms with Crippen LogP contribution in [0.25, 0.3) is 22.3 Å². The van der Waals surface area contributed by atoms with Crippen molar-refractivity contribution in [1.29, 1.82) is 0 Å². The molecule has 2 aliphatic heterocycles. The van der Waals surface area contributed by atoms with Gasteiger partial charge in [-0.3, -0.25) is 0 Å². The molecule has 0 radical (unpaired) electrons. The summed E-state index contributed by atoms with van der Waals surface area (Å²) in [7, 11) is 0. The molecule has 0 spiro atoms. The van der Waals surface area contributed by atoms with Crippen molar-refractivity contribution in [3.8, 4) is 45.3 Å². The molecule has 7 rings (SSSR count). The van der Waals surface area contributed by atoms with Gasteiger partial charge in [-0.15, -0.1) is 0 Å². The Morgan fingerprint density at radius 2 is 0.941 bits per heavy atom. The van der Waals surface area contributed by atoms with Gasteiger partial charge >= 0.3 is 0 Å². The van der Waals surface area contributed by atoms with Gasteiger partial charge in [0.05, 0.1) is 0 Å². The fourth-order valence-electron chi connectivity index (χ4n) is 5.09. The van der Waals surface area contributed by atoms with Crippen LogP contribution < -0.4 is 25.9 Å². The molecule has 0 saturated heterocycles. The van der Waals surface area contributed by atoms with Crippen LogP contribution >= 0.6 is 15.9 Å². The lowest BCUT2D eigenvalue weighted by Gasteiger charge is -2.33. The summed E-state index contributed by atoms with van der Waals surface area (Å²) in [6, 6.07) is 38.1. The second kappa shape index (κ2) is 7.64. The summed E-state index contributed by atoms with van der Waals surface area (Å²) in [5, 5.41) is 0. The summed E-state index contributed by atoms with van der Waals surface area (Å²) in [5.41, 5.74) is 8.14. The zero-order chi connectivity index (χ0) is 22.6. The maximum absolute atomic E-state index is 6.42. The second-order valence-corrected chi connectivity index (χ2v) is 9.61. The van der Waals surface area contributed by atoms with Crippen LogP contribution in [-0.4, -0.2) is 6.71 Å². The average Bonchev–Trinajstić information content (AvgIpc) is 2.88. The topological polar surface area (TPSA) is 18.5 Å². The number of halogens is 1. The van der Waals surface area contributed by atoms with Crippen molar-refractivity contribution in [2.45, 2.75) is 0 Å². The number of rotatable bonds is 2. The Balaban J connectivity index is 1.47. The van der Waals surface area contributed by atoms with E-state index in [2.05, 4.69) is 101 Å². The highest BCUT2D eigenvalue weighted by molar-refractivity contribution is 9.10. The van der Waals surface area contributed by atoms with Crippen molar-refractivity contribution in [2.75, 3.05) is 0 Å². The molecule has 0 saturated carbocycles. The van der Waals surface area contributed by atoms with Crippen LogP contribution in [0.3, 0.4) is 0 Å². The van der Waals surface area contributed by atoms with E-state index in [4.69, 9.17) is 9.47 Å². The molecule has 0 amide bonds. The lowest BCUT2D eigenvalue weighted by atomic mass is 9.34. The molecular formula is C30H18BBrO2. The Labute approximate surface area is 207 Å². The third-order valence-electron chi connectivity index (χ3n) is 6.65.